The quantitative estimate of drug-likeness (QED) is 0.651. The second-order valence-electron chi connectivity index (χ2n) is 4.27. The van der Waals surface area contributed by atoms with Crippen LogP contribution >= 0.6 is 0 Å². The van der Waals surface area contributed by atoms with Gasteiger partial charge in [0.1, 0.15) is 5.75 Å². The van der Waals surface area contributed by atoms with Gasteiger partial charge in [-0.05, 0) is 13.8 Å². The lowest BCUT2D eigenvalue weighted by atomic mass is 10.2. The van der Waals surface area contributed by atoms with Crippen LogP contribution in [-0.4, -0.2) is 52.7 Å². The molecule has 2 atom stereocenters. The molecule has 0 aliphatic heterocycles. The molecule has 2 unspecified atom stereocenters. The smallest absolute Gasteiger partial charge is 0.309 e. The minimum Gasteiger partial charge on any atom is -0.469 e. The standard InChI is InChI=1S/C11H21NO4S/c1-8(2)12(4)10(13)7-17(15)6-9(3)11(14)16-5/h8-9H,6-7H2,1-5H3. The van der Waals surface area contributed by atoms with Crippen LogP contribution in [0.4, 0.5) is 0 Å². The van der Waals surface area contributed by atoms with Gasteiger partial charge in [0.15, 0.2) is 0 Å². The zero-order valence-corrected chi connectivity index (χ0v) is 11.9. The Labute approximate surface area is 105 Å². The number of nitrogens with zero attached hydrogens (tertiary/aromatic N) is 1. The summed E-state index contributed by atoms with van der Waals surface area (Å²) in [5, 5.41) is 0. The van der Waals surface area contributed by atoms with Crippen LogP contribution in [0.1, 0.15) is 20.8 Å². The maximum Gasteiger partial charge on any atom is 0.309 e. The highest BCUT2D eigenvalue weighted by Crippen LogP contribution is 2.03. The van der Waals surface area contributed by atoms with Gasteiger partial charge in [-0.2, -0.15) is 0 Å². The summed E-state index contributed by atoms with van der Waals surface area (Å²) in [6, 6.07) is 0.0810. The molecule has 100 valence electrons. The zero-order chi connectivity index (χ0) is 13.6. The monoisotopic (exact) mass is 263 g/mol. The minimum absolute atomic E-state index is 0.0456. The predicted octanol–water partition coefficient (Wildman–Crippen LogP) is 0.411. The molecule has 0 heterocycles. The van der Waals surface area contributed by atoms with Crippen molar-refractivity contribution in [3.05, 3.63) is 0 Å². The molecule has 0 spiro atoms. The molecule has 0 aromatic rings. The SMILES string of the molecule is COC(=O)C(C)CS(=O)CC(=O)N(C)C(C)C. The van der Waals surface area contributed by atoms with Gasteiger partial charge < -0.3 is 9.64 Å². The Kier molecular flexibility index (Phi) is 7.03. The Balaban J connectivity index is 4.19. The molecule has 0 bridgehead atoms. The molecule has 0 saturated heterocycles. The largest absolute Gasteiger partial charge is 0.469 e. The molecule has 0 rings (SSSR count). The second kappa shape index (κ2) is 7.42. The number of hydrogen-bond acceptors (Lipinski definition) is 4. The number of methoxy groups -OCH3 is 1. The topological polar surface area (TPSA) is 63.7 Å². The molecule has 1 amide bonds. The lowest BCUT2D eigenvalue weighted by molar-refractivity contribution is -0.144. The molecule has 0 N–H and O–H groups in total. The van der Waals surface area contributed by atoms with Crippen molar-refractivity contribution >= 4 is 22.7 Å². The maximum absolute atomic E-state index is 11.7. The van der Waals surface area contributed by atoms with E-state index in [9.17, 15) is 13.8 Å². The van der Waals surface area contributed by atoms with E-state index < -0.39 is 22.7 Å². The highest BCUT2D eigenvalue weighted by atomic mass is 32.2. The van der Waals surface area contributed by atoms with Crippen molar-refractivity contribution in [2.75, 3.05) is 25.7 Å². The zero-order valence-electron chi connectivity index (χ0n) is 11.1. The summed E-state index contributed by atoms with van der Waals surface area (Å²) in [5.41, 5.74) is 0. The number of esters is 1. The van der Waals surface area contributed by atoms with E-state index in [1.807, 2.05) is 13.8 Å². The van der Waals surface area contributed by atoms with E-state index in [0.29, 0.717) is 0 Å². The van der Waals surface area contributed by atoms with Gasteiger partial charge in [0.25, 0.3) is 0 Å². The van der Waals surface area contributed by atoms with Gasteiger partial charge >= 0.3 is 5.97 Å². The summed E-state index contributed by atoms with van der Waals surface area (Å²) in [6.45, 7) is 5.41. The van der Waals surface area contributed by atoms with Gasteiger partial charge in [-0.25, -0.2) is 0 Å². The van der Waals surface area contributed by atoms with E-state index in [0.717, 1.165) is 0 Å². The number of amides is 1. The number of carbonyl (C=O) groups is 2. The molecule has 0 radical (unpaired) electrons. The van der Waals surface area contributed by atoms with Crippen LogP contribution in [0.2, 0.25) is 0 Å². The molecule has 0 saturated carbocycles. The van der Waals surface area contributed by atoms with Gasteiger partial charge in [0.2, 0.25) is 5.91 Å². The van der Waals surface area contributed by atoms with Crippen molar-refractivity contribution in [1.82, 2.24) is 4.90 Å². The van der Waals surface area contributed by atoms with Crippen molar-refractivity contribution in [1.29, 1.82) is 0 Å². The molecule has 5 nitrogen and oxygen atoms in total. The molecule has 0 aromatic carbocycles. The van der Waals surface area contributed by atoms with E-state index in [1.165, 1.54) is 7.11 Å². The van der Waals surface area contributed by atoms with Crippen molar-refractivity contribution < 1.29 is 18.5 Å². The van der Waals surface area contributed by atoms with E-state index in [-0.39, 0.29) is 23.5 Å². The highest BCUT2D eigenvalue weighted by molar-refractivity contribution is 7.85. The summed E-state index contributed by atoms with van der Waals surface area (Å²) in [4.78, 5) is 24.3. The summed E-state index contributed by atoms with van der Waals surface area (Å²) in [7, 11) is 1.63. The van der Waals surface area contributed by atoms with Crippen LogP contribution in [0, 0.1) is 5.92 Å². The fourth-order valence-electron chi connectivity index (χ4n) is 1.13. The summed E-state index contributed by atoms with van der Waals surface area (Å²) in [5.74, 6) is -0.906. The van der Waals surface area contributed by atoms with E-state index in [1.54, 1.807) is 18.9 Å². The van der Waals surface area contributed by atoms with Crippen molar-refractivity contribution in [3.8, 4) is 0 Å². The van der Waals surface area contributed by atoms with Crippen LogP contribution in [-0.2, 0) is 25.1 Å². The van der Waals surface area contributed by atoms with Crippen LogP contribution in [0.15, 0.2) is 0 Å². The first-order valence-electron chi connectivity index (χ1n) is 5.48. The summed E-state index contributed by atoms with van der Waals surface area (Å²) < 4.78 is 16.2. The van der Waals surface area contributed by atoms with E-state index in [4.69, 9.17) is 0 Å². The van der Waals surface area contributed by atoms with E-state index >= 15 is 0 Å². The summed E-state index contributed by atoms with van der Waals surface area (Å²) in [6.07, 6.45) is 0. The van der Waals surface area contributed by atoms with Crippen molar-refractivity contribution in [2.24, 2.45) is 5.92 Å². The van der Waals surface area contributed by atoms with Gasteiger partial charge in [-0.3, -0.25) is 13.8 Å². The van der Waals surface area contributed by atoms with Crippen molar-refractivity contribution in [2.45, 2.75) is 26.8 Å². The summed E-state index contributed by atoms with van der Waals surface area (Å²) >= 11 is 0. The highest BCUT2D eigenvalue weighted by Gasteiger charge is 2.20. The van der Waals surface area contributed by atoms with Crippen molar-refractivity contribution in [3.63, 3.8) is 0 Å². The number of ether oxygens (including phenoxy) is 1. The molecule has 0 fully saturated rings. The fraction of sp³-hybridized carbons (Fsp3) is 0.818. The van der Waals surface area contributed by atoms with Crippen LogP contribution in [0.3, 0.4) is 0 Å². The lowest BCUT2D eigenvalue weighted by Gasteiger charge is -2.21. The molecule has 6 heteroatoms. The lowest BCUT2D eigenvalue weighted by Crippen LogP contribution is -2.37. The Morgan fingerprint density at radius 1 is 1.29 bits per heavy atom. The Hall–Kier alpha value is -0.910. The molecule has 0 aliphatic rings. The van der Waals surface area contributed by atoms with Gasteiger partial charge in [-0.15, -0.1) is 0 Å². The van der Waals surface area contributed by atoms with Crippen LogP contribution < -0.4 is 0 Å². The third kappa shape index (κ3) is 5.81. The third-order valence-corrected chi connectivity index (χ3v) is 3.93. The Morgan fingerprint density at radius 2 is 1.82 bits per heavy atom. The Bertz CT molecular complexity index is 304. The maximum atomic E-state index is 11.7. The number of carbonyl (C=O) groups excluding carboxylic acids is 2. The molecule has 0 aromatic heterocycles. The molecule has 0 aliphatic carbocycles. The minimum atomic E-state index is -1.33. The third-order valence-electron chi connectivity index (χ3n) is 2.49. The fourth-order valence-corrected chi connectivity index (χ4v) is 2.43. The van der Waals surface area contributed by atoms with Crippen LogP contribution in [0.5, 0.6) is 0 Å². The first-order valence-corrected chi connectivity index (χ1v) is 6.96. The van der Waals surface area contributed by atoms with Gasteiger partial charge in [0.05, 0.1) is 13.0 Å². The normalized spacial score (nSPS) is 14.2. The number of hydrogen-bond donors (Lipinski definition) is 0. The van der Waals surface area contributed by atoms with Gasteiger partial charge in [-0.1, -0.05) is 6.92 Å². The average molecular weight is 263 g/mol. The van der Waals surface area contributed by atoms with Crippen LogP contribution in [0.25, 0.3) is 0 Å². The van der Waals surface area contributed by atoms with E-state index in [2.05, 4.69) is 4.74 Å². The molecular weight excluding hydrogens is 242 g/mol. The first kappa shape index (κ1) is 16.1. The average Bonchev–Trinajstić information content (AvgIpc) is 2.26. The van der Waals surface area contributed by atoms with Gasteiger partial charge in [0, 0.05) is 29.6 Å². The predicted molar refractivity (Wildman–Crippen MR) is 67.0 cm³/mol. The molecule has 17 heavy (non-hydrogen) atoms. The Morgan fingerprint density at radius 3 is 2.24 bits per heavy atom. The molecular formula is C11H21NO4S. The first-order chi connectivity index (χ1) is 7.79. The number of rotatable bonds is 6. The second-order valence-corrected chi connectivity index (χ2v) is 5.78.